The Bertz CT molecular complexity index is 929. The van der Waals surface area contributed by atoms with Crippen LogP contribution in [0.1, 0.15) is 111 Å². The molecule has 0 bridgehead atoms. The van der Waals surface area contributed by atoms with E-state index in [1.807, 2.05) is 0 Å². The fraction of sp³-hybridized carbons (Fsp3) is 0.941. The van der Waals surface area contributed by atoms with Crippen molar-refractivity contribution in [3.63, 3.8) is 0 Å². The van der Waals surface area contributed by atoms with Crippen LogP contribution in [0, 0.1) is 40.4 Å². The second kappa shape index (κ2) is 11.5. The number of hydrogen-bond donors (Lipinski definition) is 0. The van der Waals surface area contributed by atoms with Crippen molar-refractivity contribution in [3.8, 4) is 0 Å². The van der Waals surface area contributed by atoms with Crippen LogP contribution in [0.25, 0.3) is 0 Å². The first kappa shape index (κ1) is 29.0. The van der Waals surface area contributed by atoms with Crippen LogP contribution >= 0.6 is 0 Å². The summed E-state index contributed by atoms with van der Waals surface area (Å²) >= 11 is 0. The zero-order valence-electron chi connectivity index (χ0n) is 25.9. The molecule has 6 nitrogen and oxygen atoms in total. The molecule has 6 aliphatic rings. The number of nitrogens with zero attached hydrogens (tertiary/aromatic N) is 2. The van der Waals surface area contributed by atoms with Crippen molar-refractivity contribution < 1.29 is 19.1 Å². The van der Waals surface area contributed by atoms with Gasteiger partial charge in [0.25, 0.3) is 0 Å². The summed E-state index contributed by atoms with van der Waals surface area (Å²) in [6, 6.07) is 0.363. The number of piperidine rings is 2. The summed E-state index contributed by atoms with van der Waals surface area (Å²) in [5, 5.41) is 0. The number of carbonyl (C=O) groups is 2. The van der Waals surface area contributed by atoms with Crippen molar-refractivity contribution in [2.24, 2.45) is 40.4 Å². The molecule has 0 aromatic heterocycles. The maximum Gasteiger partial charge on any atom is 0.302 e. The van der Waals surface area contributed by atoms with Crippen molar-refractivity contribution in [2.75, 3.05) is 32.7 Å². The lowest BCUT2D eigenvalue weighted by Gasteiger charge is -2.62. The highest BCUT2D eigenvalue weighted by Gasteiger charge is 2.64. The monoisotopic (exact) mass is 556 g/mol. The first-order chi connectivity index (χ1) is 19.2. The number of carbonyl (C=O) groups excluding carboxylic acids is 2. The van der Waals surface area contributed by atoms with Crippen LogP contribution in [-0.2, 0) is 19.1 Å². The summed E-state index contributed by atoms with van der Waals surface area (Å²) in [6.07, 6.45) is 16.4. The van der Waals surface area contributed by atoms with Crippen LogP contribution in [0.15, 0.2) is 0 Å². The van der Waals surface area contributed by atoms with Gasteiger partial charge in [0.2, 0.25) is 0 Å². The molecule has 6 rings (SSSR count). The van der Waals surface area contributed by atoms with Gasteiger partial charge in [0.05, 0.1) is 0 Å². The van der Waals surface area contributed by atoms with E-state index in [1.54, 1.807) is 13.8 Å². The first-order valence-electron chi connectivity index (χ1n) is 17.0. The lowest BCUT2D eigenvalue weighted by atomic mass is 9.44. The minimum Gasteiger partial charge on any atom is -0.462 e. The summed E-state index contributed by atoms with van der Waals surface area (Å²) in [6.45, 7) is 14.1. The van der Waals surface area contributed by atoms with Crippen LogP contribution in [0.2, 0.25) is 0 Å². The number of likely N-dealkylation sites (tertiary alicyclic amines) is 2. The highest BCUT2D eigenvalue weighted by atomic mass is 16.5. The van der Waals surface area contributed by atoms with E-state index in [9.17, 15) is 9.59 Å². The molecular weight excluding hydrogens is 500 g/mol. The van der Waals surface area contributed by atoms with Crippen molar-refractivity contribution >= 4 is 11.9 Å². The Kier molecular flexibility index (Phi) is 8.33. The Morgan fingerprint density at radius 2 is 1.45 bits per heavy atom. The maximum absolute atomic E-state index is 12.4. The third-order valence-corrected chi connectivity index (χ3v) is 13.1. The Morgan fingerprint density at radius 1 is 0.775 bits per heavy atom. The van der Waals surface area contributed by atoms with Gasteiger partial charge in [-0.2, -0.15) is 0 Å². The van der Waals surface area contributed by atoms with Gasteiger partial charge in [-0.05, 0) is 126 Å². The fourth-order valence-corrected chi connectivity index (χ4v) is 11.4. The average Bonchev–Trinajstić information content (AvgIpc) is 3.20. The molecule has 0 aromatic carbocycles. The predicted octanol–water partition coefficient (Wildman–Crippen LogP) is 6.07. The Hall–Kier alpha value is -1.14. The van der Waals surface area contributed by atoms with E-state index in [-0.39, 0.29) is 29.6 Å². The molecule has 0 spiro atoms. The molecule has 2 aliphatic heterocycles. The Labute approximate surface area is 243 Å². The topological polar surface area (TPSA) is 59.1 Å². The van der Waals surface area contributed by atoms with Gasteiger partial charge in [-0.1, -0.05) is 26.7 Å². The molecule has 6 fully saturated rings. The van der Waals surface area contributed by atoms with Crippen LogP contribution < -0.4 is 0 Å². The van der Waals surface area contributed by atoms with Gasteiger partial charge in [-0.25, -0.2) is 0 Å². The number of fused-ring (bicyclic) bond motifs is 5. The molecule has 0 aromatic rings. The van der Waals surface area contributed by atoms with Gasteiger partial charge in [-0.3, -0.25) is 14.5 Å². The summed E-state index contributed by atoms with van der Waals surface area (Å²) in [7, 11) is 0. The number of rotatable bonds is 5. The highest BCUT2D eigenvalue weighted by molar-refractivity contribution is 5.66. The summed E-state index contributed by atoms with van der Waals surface area (Å²) in [4.78, 5) is 29.9. The average molecular weight is 557 g/mol. The third-order valence-electron chi connectivity index (χ3n) is 13.1. The van der Waals surface area contributed by atoms with Crippen LogP contribution in [-0.4, -0.2) is 72.7 Å². The molecule has 0 N–H and O–H groups in total. The van der Waals surface area contributed by atoms with Crippen molar-refractivity contribution in [2.45, 2.75) is 129 Å². The zero-order chi connectivity index (χ0) is 28.1. The van der Waals surface area contributed by atoms with Gasteiger partial charge in [0, 0.05) is 37.8 Å². The van der Waals surface area contributed by atoms with E-state index in [2.05, 4.69) is 23.6 Å². The molecule has 10 atom stereocenters. The third kappa shape index (κ3) is 5.27. The summed E-state index contributed by atoms with van der Waals surface area (Å²) in [5.41, 5.74) is 0.391. The van der Waals surface area contributed by atoms with Gasteiger partial charge in [-0.15, -0.1) is 0 Å². The zero-order valence-corrected chi connectivity index (χ0v) is 25.9. The number of ether oxygens (including phenoxy) is 2. The Balaban J connectivity index is 1.25. The molecule has 6 heteroatoms. The van der Waals surface area contributed by atoms with Gasteiger partial charge < -0.3 is 14.4 Å². The summed E-state index contributed by atoms with van der Waals surface area (Å²) in [5.74, 6) is 2.97. The molecule has 0 radical (unpaired) electrons. The maximum atomic E-state index is 12.4. The van der Waals surface area contributed by atoms with E-state index in [0.717, 1.165) is 37.9 Å². The SMILES string of the molecule is CC(=O)O[C@@H]1[C@H](CN2CCCCC2)C[C@@H]2[C@H]3CC[C@@H]4C[C@@H](OC(C)=O)[C@H](N5CCCCC5)C[C@@]4(C)[C@@H]3CC[C@]21C. The second-order valence-electron chi connectivity index (χ2n) is 15.3. The van der Waals surface area contributed by atoms with Gasteiger partial charge >= 0.3 is 11.9 Å². The number of esters is 2. The van der Waals surface area contributed by atoms with E-state index in [1.165, 1.54) is 90.1 Å². The largest absolute Gasteiger partial charge is 0.462 e. The molecule has 0 unspecified atom stereocenters. The van der Waals surface area contributed by atoms with E-state index >= 15 is 0 Å². The van der Waals surface area contributed by atoms with Crippen molar-refractivity contribution in [1.29, 1.82) is 0 Å². The normalized spacial score (nSPS) is 46.1. The van der Waals surface area contributed by atoms with E-state index < -0.39 is 0 Å². The molecular formula is C34H56N2O4. The smallest absolute Gasteiger partial charge is 0.302 e. The quantitative estimate of drug-likeness (QED) is 0.383. The minimum absolute atomic E-state index is 0.0489. The minimum atomic E-state index is -0.111. The van der Waals surface area contributed by atoms with E-state index in [0.29, 0.717) is 29.2 Å². The number of hydrogen-bond acceptors (Lipinski definition) is 6. The van der Waals surface area contributed by atoms with Crippen LogP contribution in [0.4, 0.5) is 0 Å². The molecule has 4 saturated carbocycles. The lowest BCUT2D eigenvalue weighted by molar-refractivity contribution is -0.180. The summed E-state index contributed by atoms with van der Waals surface area (Å²) < 4.78 is 12.4. The Morgan fingerprint density at radius 3 is 2.12 bits per heavy atom. The highest BCUT2D eigenvalue weighted by Crippen LogP contribution is 2.67. The second-order valence-corrected chi connectivity index (χ2v) is 15.3. The molecule has 0 amide bonds. The van der Waals surface area contributed by atoms with Crippen LogP contribution in [0.5, 0.6) is 0 Å². The first-order valence-corrected chi connectivity index (χ1v) is 17.0. The molecule has 2 saturated heterocycles. The van der Waals surface area contributed by atoms with Crippen molar-refractivity contribution in [3.05, 3.63) is 0 Å². The molecule has 4 aliphatic carbocycles. The molecule has 40 heavy (non-hydrogen) atoms. The van der Waals surface area contributed by atoms with Gasteiger partial charge in [0.15, 0.2) is 0 Å². The van der Waals surface area contributed by atoms with E-state index in [4.69, 9.17) is 9.47 Å². The predicted molar refractivity (Wildman–Crippen MR) is 157 cm³/mol. The lowest BCUT2D eigenvalue weighted by Crippen LogP contribution is -2.61. The standard InChI is InChI=1S/C34H56N2O4/c1-23(37)39-31-20-26-11-12-27-28(34(26,4)21-30(31)36-17-9-6-10-18-36)13-14-33(3)29(27)19-25(32(33)40-24(2)38)22-35-15-7-5-8-16-35/h25-32H,5-22H2,1-4H3/t25-,26+,27-,28+,29+,30+,31+,32+,33+,34+/m0/s1. The van der Waals surface area contributed by atoms with Gasteiger partial charge in [0.1, 0.15) is 12.2 Å². The molecule has 2 heterocycles. The fourth-order valence-electron chi connectivity index (χ4n) is 11.4. The van der Waals surface area contributed by atoms with Crippen molar-refractivity contribution in [1.82, 2.24) is 9.80 Å². The van der Waals surface area contributed by atoms with Crippen LogP contribution in [0.3, 0.4) is 0 Å². The molecule has 226 valence electrons.